The predicted octanol–water partition coefficient (Wildman–Crippen LogP) is 4.60. The lowest BCUT2D eigenvalue weighted by Crippen LogP contribution is -2.10. The first-order valence-corrected chi connectivity index (χ1v) is 10.2. The molecular formula is C25H19FN2O5. The number of carboxylic acid groups (broad SMARTS) is 1. The van der Waals surface area contributed by atoms with Gasteiger partial charge in [-0.05, 0) is 29.8 Å². The number of aromatic nitrogens is 2. The Labute approximate surface area is 188 Å². The highest BCUT2D eigenvalue weighted by Gasteiger charge is 2.22. The summed E-state index contributed by atoms with van der Waals surface area (Å²) in [6.45, 7) is 0.00479. The number of halogens is 1. The molecule has 1 aliphatic rings. The standard InChI is InChI=1S/C25H19FN2O5/c26-18-8-4-7-17(9-18)21-11-20(27-28(21)13-16-5-2-1-3-6-16)19-10-23-24(33-15-32-23)12-22(19)31-14-25(29)30/h1-12H,13-15H2,(H,29,30). The minimum atomic E-state index is -1.10. The number of fused-ring (bicyclic) bond motifs is 1. The monoisotopic (exact) mass is 446 g/mol. The SMILES string of the molecule is O=C(O)COc1cc2c(cc1-c1cc(-c3cccc(F)c3)n(Cc3ccccc3)n1)OCO2. The van der Waals surface area contributed by atoms with E-state index in [1.807, 2.05) is 42.5 Å². The van der Waals surface area contributed by atoms with E-state index in [-0.39, 0.29) is 12.6 Å². The van der Waals surface area contributed by atoms with E-state index in [4.69, 9.17) is 24.4 Å². The first kappa shape index (κ1) is 20.6. The lowest BCUT2D eigenvalue weighted by Gasteiger charge is -2.10. The second-order valence-electron chi connectivity index (χ2n) is 7.45. The van der Waals surface area contributed by atoms with Crippen LogP contribution in [-0.4, -0.2) is 34.3 Å². The molecule has 1 aliphatic heterocycles. The van der Waals surface area contributed by atoms with E-state index in [2.05, 4.69) is 0 Å². The van der Waals surface area contributed by atoms with E-state index in [0.717, 1.165) is 5.56 Å². The minimum Gasteiger partial charge on any atom is -0.481 e. The molecule has 0 atom stereocenters. The molecule has 0 bridgehead atoms. The van der Waals surface area contributed by atoms with Gasteiger partial charge < -0.3 is 19.3 Å². The maximum absolute atomic E-state index is 14.0. The number of rotatable bonds is 7. The quantitative estimate of drug-likeness (QED) is 0.447. The maximum Gasteiger partial charge on any atom is 0.341 e. The zero-order valence-electron chi connectivity index (χ0n) is 17.4. The van der Waals surface area contributed by atoms with Crippen molar-refractivity contribution in [2.24, 2.45) is 0 Å². The summed E-state index contributed by atoms with van der Waals surface area (Å²) in [5, 5.41) is 13.8. The van der Waals surface area contributed by atoms with Crippen molar-refractivity contribution in [3.8, 4) is 39.8 Å². The Kier molecular flexibility index (Phi) is 5.40. The minimum absolute atomic E-state index is 0.0636. The van der Waals surface area contributed by atoms with Crippen molar-refractivity contribution in [3.63, 3.8) is 0 Å². The Morgan fingerprint density at radius 3 is 2.58 bits per heavy atom. The lowest BCUT2D eigenvalue weighted by atomic mass is 10.1. The second kappa shape index (κ2) is 8.66. The van der Waals surface area contributed by atoms with Crippen molar-refractivity contribution >= 4 is 5.97 Å². The molecule has 7 nitrogen and oxygen atoms in total. The molecule has 0 spiro atoms. The summed E-state index contributed by atoms with van der Waals surface area (Å²) in [5.41, 5.74) is 3.47. The van der Waals surface area contributed by atoms with Crippen LogP contribution in [-0.2, 0) is 11.3 Å². The van der Waals surface area contributed by atoms with Gasteiger partial charge in [-0.1, -0.05) is 42.5 Å². The van der Waals surface area contributed by atoms with Crippen LogP contribution < -0.4 is 14.2 Å². The molecular weight excluding hydrogens is 427 g/mol. The molecule has 8 heteroatoms. The van der Waals surface area contributed by atoms with Crippen molar-refractivity contribution in [1.29, 1.82) is 0 Å². The zero-order valence-corrected chi connectivity index (χ0v) is 17.4. The van der Waals surface area contributed by atoms with E-state index in [9.17, 15) is 9.18 Å². The van der Waals surface area contributed by atoms with E-state index in [0.29, 0.717) is 46.3 Å². The highest BCUT2D eigenvalue weighted by atomic mass is 19.1. The third kappa shape index (κ3) is 4.36. The Hall–Kier alpha value is -4.33. The fourth-order valence-corrected chi connectivity index (χ4v) is 3.69. The Morgan fingerprint density at radius 2 is 1.82 bits per heavy atom. The van der Waals surface area contributed by atoms with Gasteiger partial charge in [-0.3, -0.25) is 4.68 Å². The van der Waals surface area contributed by atoms with Crippen molar-refractivity contribution in [2.45, 2.75) is 6.54 Å². The average Bonchev–Trinajstić information content (AvgIpc) is 3.44. The third-order valence-electron chi connectivity index (χ3n) is 5.18. The van der Waals surface area contributed by atoms with Crippen molar-refractivity contribution in [3.05, 3.63) is 84.2 Å². The smallest absolute Gasteiger partial charge is 0.341 e. The van der Waals surface area contributed by atoms with E-state index in [1.54, 1.807) is 22.9 Å². The summed E-state index contributed by atoms with van der Waals surface area (Å²) < 4.78 is 32.2. The van der Waals surface area contributed by atoms with Crippen molar-refractivity contribution < 1.29 is 28.5 Å². The van der Waals surface area contributed by atoms with Crippen LogP contribution in [0.4, 0.5) is 4.39 Å². The summed E-state index contributed by atoms with van der Waals surface area (Å²) in [6, 6.07) is 21.2. The van der Waals surface area contributed by atoms with Gasteiger partial charge in [0.1, 0.15) is 11.6 Å². The normalized spacial score (nSPS) is 12.0. The van der Waals surface area contributed by atoms with Crippen LogP contribution in [0.3, 0.4) is 0 Å². The first-order valence-electron chi connectivity index (χ1n) is 10.2. The fourth-order valence-electron chi connectivity index (χ4n) is 3.69. The summed E-state index contributed by atoms with van der Waals surface area (Å²) in [7, 11) is 0. The van der Waals surface area contributed by atoms with Crippen LogP contribution in [0, 0.1) is 5.82 Å². The van der Waals surface area contributed by atoms with Gasteiger partial charge in [0.15, 0.2) is 18.1 Å². The molecule has 0 fully saturated rings. The van der Waals surface area contributed by atoms with Gasteiger partial charge >= 0.3 is 5.97 Å². The summed E-state index contributed by atoms with van der Waals surface area (Å²) in [4.78, 5) is 11.1. The number of nitrogens with zero attached hydrogens (tertiary/aromatic N) is 2. The number of hydrogen-bond acceptors (Lipinski definition) is 5. The molecule has 166 valence electrons. The number of aliphatic carboxylic acids is 1. The van der Waals surface area contributed by atoms with Gasteiger partial charge in [-0.25, -0.2) is 9.18 Å². The summed E-state index contributed by atoms with van der Waals surface area (Å²) in [6.07, 6.45) is 0. The van der Waals surface area contributed by atoms with E-state index < -0.39 is 12.6 Å². The molecule has 1 N–H and O–H groups in total. The van der Waals surface area contributed by atoms with Crippen LogP contribution in [0.25, 0.3) is 22.5 Å². The second-order valence-corrected chi connectivity index (χ2v) is 7.45. The topological polar surface area (TPSA) is 82.8 Å². The molecule has 4 aromatic rings. The van der Waals surface area contributed by atoms with Crippen LogP contribution >= 0.6 is 0 Å². The number of carbonyl (C=O) groups is 1. The number of hydrogen-bond donors (Lipinski definition) is 1. The van der Waals surface area contributed by atoms with Crippen LogP contribution in [0.15, 0.2) is 72.8 Å². The Morgan fingerprint density at radius 1 is 1.03 bits per heavy atom. The lowest BCUT2D eigenvalue weighted by molar-refractivity contribution is -0.139. The van der Waals surface area contributed by atoms with Crippen LogP contribution in [0.2, 0.25) is 0 Å². The highest BCUT2D eigenvalue weighted by molar-refractivity contribution is 5.76. The predicted molar refractivity (Wildman–Crippen MR) is 118 cm³/mol. The van der Waals surface area contributed by atoms with Crippen molar-refractivity contribution in [2.75, 3.05) is 13.4 Å². The molecule has 5 rings (SSSR count). The van der Waals surface area contributed by atoms with Crippen molar-refractivity contribution in [1.82, 2.24) is 9.78 Å². The first-order chi connectivity index (χ1) is 16.1. The Balaban J connectivity index is 1.63. The molecule has 0 saturated heterocycles. The zero-order chi connectivity index (χ0) is 22.8. The maximum atomic E-state index is 14.0. The summed E-state index contributed by atoms with van der Waals surface area (Å²) >= 11 is 0. The number of carboxylic acids is 1. The molecule has 1 aromatic heterocycles. The average molecular weight is 446 g/mol. The molecule has 0 radical (unpaired) electrons. The molecule has 0 unspecified atom stereocenters. The fraction of sp³-hybridized carbons (Fsp3) is 0.120. The van der Waals surface area contributed by atoms with Gasteiger partial charge in [-0.2, -0.15) is 5.10 Å². The molecule has 0 saturated carbocycles. The van der Waals surface area contributed by atoms with Crippen LogP contribution in [0.5, 0.6) is 17.2 Å². The Bertz CT molecular complexity index is 1320. The third-order valence-corrected chi connectivity index (χ3v) is 5.18. The van der Waals surface area contributed by atoms with Gasteiger partial charge in [0.25, 0.3) is 0 Å². The summed E-state index contributed by atoms with van der Waals surface area (Å²) in [5.74, 6) is -0.175. The molecule has 2 heterocycles. The van der Waals surface area contributed by atoms with Crippen LogP contribution in [0.1, 0.15) is 5.56 Å². The highest BCUT2D eigenvalue weighted by Crippen LogP contribution is 2.43. The molecule has 0 aliphatic carbocycles. The largest absolute Gasteiger partial charge is 0.481 e. The van der Waals surface area contributed by atoms with E-state index >= 15 is 0 Å². The van der Waals surface area contributed by atoms with Gasteiger partial charge in [0, 0.05) is 17.2 Å². The molecule has 0 amide bonds. The van der Waals surface area contributed by atoms with Gasteiger partial charge in [-0.15, -0.1) is 0 Å². The number of benzene rings is 3. The van der Waals surface area contributed by atoms with E-state index in [1.165, 1.54) is 12.1 Å². The van der Waals surface area contributed by atoms with Gasteiger partial charge in [0.05, 0.1) is 17.9 Å². The molecule has 3 aromatic carbocycles. The number of ether oxygens (including phenoxy) is 3. The van der Waals surface area contributed by atoms with Gasteiger partial charge in [0.2, 0.25) is 6.79 Å². The molecule has 33 heavy (non-hydrogen) atoms.